The van der Waals surface area contributed by atoms with E-state index in [0.717, 1.165) is 22.5 Å². The third-order valence-electron chi connectivity index (χ3n) is 6.11. The zero-order valence-electron chi connectivity index (χ0n) is 17.5. The van der Waals surface area contributed by atoms with E-state index >= 15 is 0 Å². The number of hydrogen-bond acceptors (Lipinski definition) is 3. The number of fused-ring (bicyclic) bond motifs is 1. The minimum Gasteiger partial charge on any atom is -0.496 e. The SMILES string of the molecule is COc1ccccc1-c1nnn2c([Si](C(C)C)(C(C)C)C(C)C)cccc12. The molecule has 3 rings (SSSR count). The van der Waals surface area contributed by atoms with Crippen LogP contribution in [0.1, 0.15) is 41.5 Å². The van der Waals surface area contributed by atoms with Crippen molar-refractivity contribution in [3.63, 3.8) is 0 Å². The van der Waals surface area contributed by atoms with Crippen molar-refractivity contribution in [2.75, 3.05) is 7.11 Å². The lowest BCUT2D eigenvalue weighted by Gasteiger charge is -2.43. The number of rotatable bonds is 6. The van der Waals surface area contributed by atoms with Gasteiger partial charge in [-0.2, -0.15) is 0 Å². The van der Waals surface area contributed by atoms with Crippen LogP contribution in [0.2, 0.25) is 16.6 Å². The van der Waals surface area contributed by atoms with Gasteiger partial charge in [-0.1, -0.05) is 65.0 Å². The van der Waals surface area contributed by atoms with E-state index in [0.29, 0.717) is 16.6 Å². The maximum atomic E-state index is 5.56. The Morgan fingerprint density at radius 1 is 0.852 bits per heavy atom. The second-order valence-electron chi connectivity index (χ2n) is 8.24. The fraction of sp³-hybridized carbons (Fsp3) is 0.455. The number of para-hydroxylation sites is 1. The summed E-state index contributed by atoms with van der Waals surface area (Å²) in [6.07, 6.45) is 0. The molecule has 0 aliphatic carbocycles. The number of aromatic nitrogens is 3. The molecule has 5 heteroatoms. The van der Waals surface area contributed by atoms with E-state index < -0.39 is 8.07 Å². The van der Waals surface area contributed by atoms with Gasteiger partial charge in [-0.15, -0.1) is 5.10 Å². The van der Waals surface area contributed by atoms with Crippen LogP contribution in [0.3, 0.4) is 0 Å². The van der Waals surface area contributed by atoms with E-state index in [2.05, 4.69) is 74.6 Å². The first-order chi connectivity index (χ1) is 12.9. The standard InChI is InChI=1S/C22H31N3OSi/c1-15(2)27(16(3)4,17(5)6)21-14-10-12-19-22(23-24-25(19)21)18-11-8-9-13-20(18)26-7/h8-17H,1-7H3. The third-order valence-corrected chi connectivity index (χ3v) is 13.1. The molecule has 0 radical (unpaired) electrons. The topological polar surface area (TPSA) is 39.4 Å². The molecule has 0 atom stereocenters. The number of benzene rings is 1. The molecule has 0 aliphatic rings. The highest BCUT2D eigenvalue weighted by Crippen LogP contribution is 2.41. The quantitative estimate of drug-likeness (QED) is 0.545. The number of methoxy groups -OCH3 is 1. The second kappa shape index (κ2) is 7.47. The van der Waals surface area contributed by atoms with Crippen LogP contribution < -0.4 is 10.1 Å². The van der Waals surface area contributed by atoms with Gasteiger partial charge in [-0.3, -0.25) is 0 Å². The van der Waals surface area contributed by atoms with Gasteiger partial charge in [0.1, 0.15) is 19.5 Å². The van der Waals surface area contributed by atoms with Gasteiger partial charge in [-0.05, 0) is 40.9 Å². The fourth-order valence-electron chi connectivity index (χ4n) is 5.16. The van der Waals surface area contributed by atoms with Crippen molar-refractivity contribution < 1.29 is 4.74 Å². The summed E-state index contributed by atoms with van der Waals surface area (Å²) in [6, 6.07) is 14.6. The third kappa shape index (κ3) is 2.98. The van der Waals surface area contributed by atoms with Crippen molar-refractivity contribution in [1.82, 2.24) is 14.8 Å². The van der Waals surface area contributed by atoms with Gasteiger partial charge in [0.05, 0.1) is 12.6 Å². The van der Waals surface area contributed by atoms with Gasteiger partial charge in [0.15, 0.2) is 0 Å². The van der Waals surface area contributed by atoms with Crippen molar-refractivity contribution in [3.8, 4) is 17.0 Å². The minimum atomic E-state index is -1.85. The van der Waals surface area contributed by atoms with Crippen molar-refractivity contribution in [1.29, 1.82) is 0 Å². The second-order valence-corrected chi connectivity index (χ2v) is 14.1. The van der Waals surface area contributed by atoms with E-state index in [1.165, 1.54) is 5.32 Å². The van der Waals surface area contributed by atoms with E-state index in [1.807, 2.05) is 24.3 Å². The Morgan fingerprint density at radius 3 is 2.07 bits per heavy atom. The van der Waals surface area contributed by atoms with Crippen molar-refractivity contribution in [3.05, 3.63) is 42.5 Å². The van der Waals surface area contributed by atoms with Crippen LogP contribution in [0.5, 0.6) is 5.75 Å². The van der Waals surface area contributed by atoms with E-state index in [9.17, 15) is 0 Å². The lowest BCUT2D eigenvalue weighted by molar-refractivity contribution is 0.416. The van der Waals surface area contributed by atoms with E-state index in [4.69, 9.17) is 4.74 Å². The molecule has 0 bridgehead atoms. The molecule has 0 saturated carbocycles. The van der Waals surface area contributed by atoms with E-state index in [-0.39, 0.29) is 0 Å². The molecule has 0 spiro atoms. The molecule has 2 heterocycles. The zero-order valence-corrected chi connectivity index (χ0v) is 18.5. The summed E-state index contributed by atoms with van der Waals surface area (Å²) in [5.41, 5.74) is 4.76. The Balaban J connectivity index is 2.31. The fourth-order valence-corrected chi connectivity index (χ4v) is 11.9. The summed E-state index contributed by atoms with van der Waals surface area (Å²) in [6.45, 7) is 14.3. The summed E-state index contributed by atoms with van der Waals surface area (Å²) in [4.78, 5) is 0. The van der Waals surface area contributed by atoms with Crippen molar-refractivity contribution in [2.45, 2.75) is 58.2 Å². The number of pyridine rings is 1. The Kier molecular flexibility index (Phi) is 5.42. The van der Waals surface area contributed by atoms with Gasteiger partial charge >= 0.3 is 0 Å². The van der Waals surface area contributed by atoms with Crippen LogP contribution in [-0.4, -0.2) is 30.0 Å². The number of nitrogens with zero attached hydrogens (tertiary/aromatic N) is 3. The van der Waals surface area contributed by atoms with Crippen LogP contribution in [0.25, 0.3) is 16.8 Å². The molecule has 1 aromatic carbocycles. The predicted octanol–water partition coefficient (Wildman–Crippen LogP) is 5.29. The van der Waals surface area contributed by atoms with Crippen LogP contribution >= 0.6 is 0 Å². The van der Waals surface area contributed by atoms with Crippen molar-refractivity contribution in [2.24, 2.45) is 0 Å². The first kappa shape index (κ1) is 19.6. The molecule has 0 saturated heterocycles. The smallest absolute Gasteiger partial charge is 0.128 e. The maximum Gasteiger partial charge on any atom is 0.128 e. The lowest BCUT2D eigenvalue weighted by atomic mass is 10.1. The van der Waals surface area contributed by atoms with E-state index in [1.54, 1.807) is 7.11 Å². The highest BCUT2D eigenvalue weighted by Gasteiger charge is 2.46. The number of hydrogen-bond donors (Lipinski definition) is 0. The molecule has 2 aromatic heterocycles. The molecule has 0 unspecified atom stereocenters. The summed E-state index contributed by atoms with van der Waals surface area (Å²) >= 11 is 0. The molecule has 4 nitrogen and oxygen atoms in total. The average Bonchev–Trinajstić information content (AvgIpc) is 3.06. The molecule has 0 aliphatic heterocycles. The highest BCUT2D eigenvalue weighted by atomic mass is 28.3. The lowest BCUT2D eigenvalue weighted by Crippen LogP contribution is -2.58. The summed E-state index contributed by atoms with van der Waals surface area (Å²) in [7, 11) is -0.150. The Labute approximate surface area is 163 Å². The minimum absolute atomic E-state index is 0.613. The first-order valence-electron chi connectivity index (χ1n) is 9.83. The average molecular weight is 382 g/mol. The normalized spacial score (nSPS) is 12.5. The number of ether oxygens (including phenoxy) is 1. The molecular formula is C22H31N3OSi. The Morgan fingerprint density at radius 2 is 1.48 bits per heavy atom. The molecule has 144 valence electrons. The zero-order chi connectivity index (χ0) is 19.8. The maximum absolute atomic E-state index is 5.56. The highest BCUT2D eigenvalue weighted by molar-refractivity contribution is 6.94. The Hall–Kier alpha value is -2.14. The van der Waals surface area contributed by atoms with Gasteiger partial charge in [0, 0.05) is 10.9 Å². The van der Waals surface area contributed by atoms with Crippen LogP contribution in [0.4, 0.5) is 0 Å². The first-order valence-corrected chi connectivity index (χ1v) is 12.1. The molecule has 27 heavy (non-hydrogen) atoms. The summed E-state index contributed by atoms with van der Waals surface area (Å²) in [5, 5.41) is 10.6. The van der Waals surface area contributed by atoms with Gasteiger partial charge in [0.25, 0.3) is 0 Å². The van der Waals surface area contributed by atoms with Crippen LogP contribution in [-0.2, 0) is 0 Å². The van der Waals surface area contributed by atoms with Gasteiger partial charge in [0.2, 0.25) is 0 Å². The summed E-state index contributed by atoms with van der Waals surface area (Å²) < 4.78 is 7.67. The largest absolute Gasteiger partial charge is 0.496 e. The molecule has 0 N–H and O–H groups in total. The molecular weight excluding hydrogens is 350 g/mol. The Bertz CT molecular complexity index is 908. The van der Waals surface area contributed by atoms with Gasteiger partial charge in [-0.25, -0.2) is 4.52 Å². The molecule has 3 aromatic rings. The predicted molar refractivity (Wildman–Crippen MR) is 116 cm³/mol. The monoisotopic (exact) mass is 381 g/mol. The van der Waals surface area contributed by atoms with Crippen LogP contribution in [0, 0.1) is 0 Å². The van der Waals surface area contributed by atoms with Crippen molar-refractivity contribution >= 4 is 18.9 Å². The van der Waals surface area contributed by atoms with Gasteiger partial charge < -0.3 is 4.74 Å². The molecule has 0 fully saturated rings. The summed E-state index contributed by atoms with van der Waals surface area (Å²) in [5.74, 6) is 0.824. The molecule has 0 amide bonds. The van der Waals surface area contributed by atoms with Crippen LogP contribution in [0.15, 0.2) is 42.5 Å².